The van der Waals surface area contributed by atoms with E-state index >= 15 is 0 Å². The van der Waals surface area contributed by atoms with Gasteiger partial charge in [0, 0.05) is 11.3 Å². The lowest BCUT2D eigenvalue weighted by Crippen LogP contribution is -2.12. The molecule has 5 nitrogen and oxygen atoms in total. The number of aryl methyl sites for hydroxylation is 1. The maximum absolute atomic E-state index is 12.9. The topological polar surface area (TPSA) is 82.0 Å². The van der Waals surface area contributed by atoms with Gasteiger partial charge in [-0.1, -0.05) is 35.3 Å². The van der Waals surface area contributed by atoms with E-state index < -0.39 is 5.91 Å². The van der Waals surface area contributed by atoms with E-state index in [1.165, 1.54) is 18.2 Å². The minimum atomic E-state index is -0.451. The van der Waals surface area contributed by atoms with Crippen LogP contribution in [0.4, 0.5) is 10.7 Å². The van der Waals surface area contributed by atoms with Crippen LogP contribution in [0.2, 0.25) is 10.0 Å². The highest BCUT2D eigenvalue weighted by Gasteiger charge is 2.22. The van der Waals surface area contributed by atoms with Crippen LogP contribution in [0.15, 0.2) is 36.4 Å². The normalized spacial score (nSPS) is 10.4. The minimum absolute atomic E-state index is 0.250. The summed E-state index contributed by atoms with van der Waals surface area (Å²) in [5.41, 5.74) is 3.78. The van der Waals surface area contributed by atoms with Crippen LogP contribution in [0, 0.1) is 32.1 Å². The summed E-state index contributed by atoms with van der Waals surface area (Å²) in [6.45, 7) is 5.57. The number of hydrogen-bond donors (Lipinski definition) is 2. The number of nitriles is 1. The van der Waals surface area contributed by atoms with E-state index in [1.807, 2.05) is 32.0 Å². The molecule has 30 heavy (non-hydrogen) atoms. The molecule has 8 heteroatoms. The second-order valence-electron chi connectivity index (χ2n) is 6.66. The summed E-state index contributed by atoms with van der Waals surface area (Å²) in [6, 6.07) is 12.2. The summed E-state index contributed by atoms with van der Waals surface area (Å²) in [7, 11) is 0. The number of nitrogens with zero attached hydrogens (tertiary/aromatic N) is 1. The van der Waals surface area contributed by atoms with Crippen molar-refractivity contribution < 1.29 is 9.59 Å². The lowest BCUT2D eigenvalue weighted by atomic mass is 10.1. The molecule has 0 saturated heterocycles. The highest BCUT2D eigenvalue weighted by atomic mass is 35.5. The molecule has 3 aromatic rings. The van der Waals surface area contributed by atoms with Crippen LogP contribution in [0.5, 0.6) is 0 Å². The number of hydrogen-bond acceptors (Lipinski definition) is 4. The molecule has 2 aromatic carbocycles. The Morgan fingerprint density at radius 1 is 0.967 bits per heavy atom. The fourth-order valence-electron chi connectivity index (χ4n) is 2.83. The fourth-order valence-corrected chi connectivity index (χ4v) is 4.18. The molecule has 152 valence electrons. The highest BCUT2D eigenvalue weighted by molar-refractivity contribution is 7.18. The summed E-state index contributed by atoms with van der Waals surface area (Å²) >= 11 is 12.9. The van der Waals surface area contributed by atoms with Crippen molar-refractivity contribution in [2.75, 3.05) is 10.6 Å². The summed E-state index contributed by atoms with van der Waals surface area (Å²) in [5, 5.41) is 16.0. The van der Waals surface area contributed by atoms with Gasteiger partial charge in [0.1, 0.15) is 11.1 Å². The van der Waals surface area contributed by atoms with Gasteiger partial charge in [-0.3, -0.25) is 9.59 Å². The number of thiophene rings is 1. The molecule has 3 rings (SSSR count). The number of amides is 2. The average Bonchev–Trinajstić information content (AvgIpc) is 3.02. The van der Waals surface area contributed by atoms with E-state index in [4.69, 9.17) is 23.2 Å². The Morgan fingerprint density at radius 3 is 2.37 bits per heavy atom. The summed E-state index contributed by atoms with van der Waals surface area (Å²) in [6.07, 6.45) is 0. The Labute approximate surface area is 188 Å². The molecule has 0 saturated carbocycles. The van der Waals surface area contributed by atoms with Gasteiger partial charge in [-0.15, -0.1) is 11.3 Å². The number of benzene rings is 2. The molecule has 1 heterocycles. The second-order valence-corrected chi connectivity index (χ2v) is 8.49. The Bertz CT molecular complexity index is 1210. The monoisotopic (exact) mass is 457 g/mol. The van der Waals surface area contributed by atoms with Crippen LogP contribution in [0.3, 0.4) is 0 Å². The molecule has 0 fully saturated rings. The smallest absolute Gasteiger partial charge is 0.266 e. The van der Waals surface area contributed by atoms with Gasteiger partial charge in [0.2, 0.25) is 0 Å². The second kappa shape index (κ2) is 8.88. The van der Waals surface area contributed by atoms with Crippen molar-refractivity contribution in [2.24, 2.45) is 0 Å². The van der Waals surface area contributed by atoms with Crippen LogP contribution in [0.25, 0.3) is 0 Å². The maximum atomic E-state index is 12.9. The minimum Gasteiger partial charge on any atom is -0.321 e. The molecule has 0 bridgehead atoms. The fraction of sp³-hybridized carbons (Fsp3) is 0.136. The number of carbonyl (C=O) groups excluding carboxylic acids is 2. The van der Waals surface area contributed by atoms with Crippen molar-refractivity contribution in [1.29, 1.82) is 5.26 Å². The largest absolute Gasteiger partial charge is 0.321 e. The maximum Gasteiger partial charge on any atom is 0.266 e. The van der Waals surface area contributed by atoms with E-state index in [0.717, 1.165) is 22.5 Å². The molecule has 1 aromatic heterocycles. The predicted molar refractivity (Wildman–Crippen MR) is 122 cm³/mol. The summed E-state index contributed by atoms with van der Waals surface area (Å²) in [5.74, 6) is -0.787. The lowest BCUT2D eigenvalue weighted by Gasteiger charge is -2.09. The van der Waals surface area contributed by atoms with Crippen molar-refractivity contribution in [3.8, 4) is 6.07 Å². The first-order valence-electron chi connectivity index (χ1n) is 8.90. The Kier molecular flexibility index (Phi) is 6.47. The van der Waals surface area contributed by atoms with Gasteiger partial charge in [-0.2, -0.15) is 5.26 Å². The Balaban J connectivity index is 1.89. The number of halogens is 2. The molecule has 2 N–H and O–H groups in total. The molecule has 0 aliphatic carbocycles. The van der Waals surface area contributed by atoms with Crippen molar-refractivity contribution >= 4 is 57.0 Å². The molecule has 0 atom stereocenters. The lowest BCUT2D eigenvalue weighted by molar-refractivity contribution is 0.102. The molecule has 0 aliphatic rings. The zero-order chi connectivity index (χ0) is 22.0. The quantitative estimate of drug-likeness (QED) is 0.478. The number of carbonyl (C=O) groups is 2. The van der Waals surface area contributed by atoms with Crippen LogP contribution >= 0.6 is 34.5 Å². The van der Waals surface area contributed by atoms with Crippen molar-refractivity contribution in [3.05, 3.63) is 79.1 Å². The highest BCUT2D eigenvalue weighted by Crippen LogP contribution is 2.34. The number of rotatable bonds is 4. The van der Waals surface area contributed by atoms with Gasteiger partial charge < -0.3 is 10.6 Å². The summed E-state index contributed by atoms with van der Waals surface area (Å²) in [4.78, 5) is 25.8. The molecular weight excluding hydrogens is 441 g/mol. The van der Waals surface area contributed by atoms with Gasteiger partial charge in [0.25, 0.3) is 11.8 Å². The van der Waals surface area contributed by atoms with E-state index in [2.05, 4.69) is 16.7 Å². The third-order valence-electron chi connectivity index (χ3n) is 4.73. The van der Waals surface area contributed by atoms with Crippen molar-refractivity contribution in [2.45, 2.75) is 20.8 Å². The van der Waals surface area contributed by atoms with Crippen LogP contribution in [-0.2, 0) is 0 Å². The first kappa shape index (κ1) is 21.8. The molecular formula is C22H17Cl2N3O2S. The molecule has 2 amide bonds. The Hall–Kier alpha value is -2.85. The standard InChI is InChI=1S/C22H17Cl2N3O2S/c1-11-5-4-6-18(12(11)2)26-21(29)19-13(3)15(10-25)22(30-19)27-20(28)14-7-8-16(23)17(24)9-14/h4-9H,1-3H3,(H,26,29)(H,27,28). The van der Waals surface area contributed by atoms with Gasteiger partial charge in [0.15, 0.2) is 0 Å². The predicted octanol–water partition coefficient (Wildman–Crippen LogP) is 6.36. The third kappa shape index (κ3) is 4.34. The molecule has 0 spiro atoms. The zero-order valence-electron chi connectivity index (χ0n) is 16.4. The summed E-state index contributed by atoms with van der Waals surface area (Å²) < 4.78 is 0. The zero-order valence-corrected chi connectivity index (χ0v) is 18.7. The number of nitrogens with one attached hydrogen (secondary N) is 2. The van der Waals surface area contributed by atoms with Crippen molar-refractivity contribution in [1.82, 2.24) is 0 Å². The van der Waals surface area contributed by atoms with E-state index in [0.29, 0.717) is 31.7 Å². The Morgan fingerprint density at radius 2 is 1.70 bits per heavy atom. The molecule has 0 aliphatic heterocycles. The third-order valence-corrected chi connectivity index (χ3v) is 6.67. The van der Waals surface area contributed by atoms with Crippen molar-refractivity contribution in [3.63, 3.8) is 0 Å². The van der Waals surface area contributed by atoms with Crippen LogP contribution in [0.1, 0.15) is 42.3 Å². The van der Waals surface area contributed by atoms with E-state index in [1.54, 1.807) is 6.92 Å². The van der Waals surface area contributed by atoms with Gasteiger partial charge in [-0.25, -0.2) is 0 Å². The molecule has 0 radical (unpaired) electrons. The SMILES string of the molecule is Cc1cccc(NC(=O)c2sc(NC(=O)c3ccc(Cl)c(Cl)c3)c(C#N)c2C)c1C. The number of anilines is 2. The van der Waals surface area contributed by atoms with Gasteiger partial charge in [-0.05, 0) is 61.7 Å². The van der Waals surface area contributed by atoms with E-state index in [-0.39, 0.29) is 16.5 Å². The van der Waals surface area contributed by atoms with Crippen LogP contribution in [-0.4, -0.2) is 11.8 Å². The first-order chi connectivity index (χ1) is 14.2. The van der Waals surface area contributed by atoms with Gasteiger partial charge in [0.05, 0.1) is 20.5 Å². The van der Waals surface area contributed by atoms with Crippen LogP contribution < -0.4 is 10.6 Å². The first-order valence-corrected chi connectivity index (χ1v) is 10.5. The van der Waals surface area contributed by atoms with Gasteiger partial charge >= 0.3 is 0 Å². The average molecular weight is 458 g/mol. The van der Waals surface area contributed by atoms with E-state index in [9.17, 15) is 14.9 Å². The molecule has 0 unspecified atom stereocenters.